The predicted octanol–water partition coefficient (Wildman–Crippen LogP) is 1.05. The Hall–Kier alpha value is -1.36. The zero-order valence-electron chi connectivity index (χ0n) is 12.3. The van der Waals surface area contributed by atoms with Gasteiger partial charge >= 0.3 is 0 Å². The molecule has 0 unspecified atom stereocenters. The number of aromatic nitrogens is 2. The predicted molar refractivity (Wildman–Crippen MR) is 77.3 cm³/mol. The molecule has 2 aliphatic rings. The number of imidazole rings is 1. The Balaban J connectivity index is 1.44. The van der Waals surface area contributed by atoms with Gasteiger partial charge in [-0.2, -0.15) is 0 Å². The lowest BCUT2D eigenvalue weighted by molar-refractivity contribution is -0.130. The molecule has 0 radical (unpaired) electrons. The van der Waals surface area contributed by atoms with E-state index in [1.54, 1.807) is 0 Å². The van der Waals surface area contributed by atoms with Crippen molar-refractivity contribution in [1.82, 2.24) is 19.4 Å². The first kappa shape index (κ1) is 13.6. The van der Waals surface area contributed by atoms with Gasteiger partial charge in [0.2, 0.25) is 5.91 Å². The summed E-state index contributed by atoms with van der Waals surface area (Å²) in [7, 11) is 2.05. The van der Waals surface area contributed by atoms with E-state index in [-0.39, 0.29) is 0 Å². The van der Waals surface area contributed by atoms with E-state index in [2.05, 4.69) is 19.4 Å². The minimum atomic E-state index is 0.372. The smallest absolute Gasteiger partial charge is 0.222 e. The zero-order valence-corrected chi connectivity index (χ0v) is 12.3. The van der Waals surface area contributed by atoms with E-state index in [1.165, 1.54) is 0 Å². The van der Waals surface area contributed by atoms with E-state index >= 15 is 0 Å². The first-order chi connectivity index (χ1) is 9.74. The van der Waals surface area contributed by atoms with E-state index in [0.29, 0.717) is 11.9 Å². The maximum absolute atomic E-state index is 11.8. The summed E-state index contributed by atoms with van der Waals surface area (Å²) >= 11 is 0. The van der Waals surface area contributed by atoms with Crippen LogP contribution in [0.3, 0.4) is 0 Å². The van der Waals surface area contributed by atoms with Crippen molar-refractivity contribution >= 4 is 5.91 Å². The molecule has 5 nitrogen and oxygen atoms in total. The van der Waals surface area contributed by atoms with E-state index in [4.69, 9.17) is 0 Å². The quantitative estimate of drug-likeness (QED) is 0.825. The number of nitrogens with zero attached hydrogens (tertiary/aromatic N) is 4. The second-order valence-corrected chi connectivity index (χ2v) is 5.97. The van der Waals surface area contributed by atoms with Crippen molar-refractivity contribution < 1.29 is 4.79 Å². The highest BCUT2D eigenvalue weighted by atomic mass is 16.2. The van der Waals surface area contributed by atoms with E-state index < -0.39 is 0 Å². The number of hydrogen-bond donors (Lipinski definition) is 0. The number of rotatable bonds is 4. The Labute approximate surface area is 120 Å². The first-order valence-electron chi connectivity index (χ1n) is 7.72. The average Bonchev–Trinajstić information content (AvgIpc) is 3.06. The molecule has 0 N–H and O–H groups in total. The van der Waals surface area contributed by atoms with Crippen molar-refractivity contribution in [2.45, 2.75) is 38.1 Å². The van der Waals surface area contributed by atoms with Crippen molar-refractivity contribution in [2.75, 3.05) is 26.2 Å². The highest BCUT2D eigenvalue weighted by molar-refractivity contribution is 5.78. The summed E-state index contributed by atoms with van der Waals surface area (Å²) in [5.74, 6) is 1.53. The summed E-state index contributed by atoms with van der Waals surface area (Å²) in [5.41, 5.74) is 0. The molecule has 0 aliphatic carbocycles. The van der Waals surface area contributed by atoms with Crippen LogP contribution in [0.15, 0.2) is 12.4 Å². The van der Waals surface area contributed by atoms with Crippen LogP contribution in [0.5, 0.6) is 0 Å². The number of carbonyl (C=O) groups excluding carboxylic acids is 1. The maximum Gasteiger partial charge on any atom is 0.222 e. The van der Waals surface area contributed by atoms with Crippen molar-refractivity contribution in [3.63, 3.8) is 0 Å². The van der Waals surface area contributed by atoms with Crippen molar-refractivity contribution in [1.29, 1.82) is 0 Å². The molecule has 5 heteroatoms. The van der Waals surface area contributed by atoms with Gasteiger partial charge < -0.3 is 14.4 Å². The standard InChI is InChI=1S/C15H24N4O/c1-17-12-7-16-14(17)6-11-18-9-4-13(5-10-18)19-8-2-3-15(19)20/h7,12-13H,2-6,8-11H2,1H3. The lowest BCUT2D eigenvalue weighted by atomic mass is 10.0. The number of amides is 1. The third-order valence-electron chi connectivity index (χ3n) is 4.68. The molecule has 3 rings (SSSR count). The molecule has 1 amide bonds. The van der Waals surface area contributed by atoms with Gasteiger partial charge in [-0.1, -0.05) is 0 Å². The normalized spacial score (nSPS) is 21.9. The van der Waals surface area contributed by atoms with Gasteiger partial charge in [-0.15, -0.1) is 0 Å². The molecular formula is C15H24N4O. The van der Waals surface area contributed by atoms with Crippen LogP contribution in [0.1, 0.15) is 31.5 Å². The summed E-state index contributed by atoms with van der Waals surface area (Å²) in [5, 5.41) is 0. The van der Waals surface area contributed by atoms with Gasteiger partial charge in [0.25, 0.3) is 0 Å². The Morgan fingerprint density at radius 1 is 1.30 bits per heavy atom. The number of aryl methyl sites for hydroxylation is 1. The minimum Gasteiger partial charge on any atom is -0.340 e. The van der Waals surface area contributed by atoms with Crippen molar-refractivity contribution in [3.8, 4) is 0 Å². The number of hydrogen-bond acceptors (Lipinski definition) is 3. The fraction of sp³-hybridized carbons (Fsp3) is 0.733. The second kappa shape index (κ2) is 5.95. The SMILES string of the molecule is Cn1ccnc1CCN1CCC(N2CCCC2=O)CC1. The highest BCUT2D eigenvalue weighted by Gasteiger charge is 2.30. The number of carbonyl (C=O) groups is 1. The Bertz CT molecular complexity index is 462. The molecule has 1 aromatic rings. The van der Waals surface area contributed by atoms with Gasteiger partial charge in [0.05, 0.1) is 0 Å². The largest absolute Gasteiger partial charge is 0.340 e. The van der Waals surface area contributed by atoms with Crippen molar-refractivity contribution in [3.05, 3.63) is 18.2 Å². The molecule has 0 aromatic carbocycles. The van der Waals surface area contributed by atoms with Crippen LogP contribution < -0.4 is 0 Å². The number of likely N-dealkylation sites (tertiary alicyclic amines) is 2. The van der Waals surface area contributed by atoms with E-state index in [0.717, 1.165) is 64.1 Å². The van der Waals surface area contributed by atoms with Gasteiger partial charge in [0.1, 0.15) is 5.82 Å². The Kier molecular flexibility index (Phi) is 4.05. The molecule has 0 bridgehead atoms. The average molecular weight is 276 g/mol. The number of piperidine rings is 1. The van der Waals surface area contributed by atoms with Crippen LogP contribution in [-0.2, 0) is 18.3 Å². The topological polar surface area (TPSA) is 41.4 Å². The van der Waals surface area contributed by atoms with Crippen LogP contribution in [0.2, 0.25) is 0 Å². The van der Waals surface area contributed by atoms with Gasteiger partial charge in [0, 0.05) is 64.5 Å². The molecule has 20 heavy (non-hydrogen) atoms. The van der Waals surface area contributed by atoms with Crippen LogP contribution in [0.25, 0.3) is 0 Å². The van der Waals surface area contributed by atoms with Crippen LogP contribution in [-0.4, -0.2) is 57.5 Å². The van der Waals surface area contributed by atoms with Crippen LogP contribution in [0.4, 0.5) is 0 Å². The second-order valence-electron chi connectivity index (χ2n) is 5.97. The summed E-state index contributed by atoms with van der Waals surface area (Å²) in [4.78, 5) is 20.8. The van der Waals surface area contributed by atoms with Crippen LogP contribution in [0, 0.1) is 0 Å². The third kappa shape index (κ3) is 2.87. The molecule has 110 valence electrons. The summed E-state index contributed by atoms with van der Waals surface area (Å²) in [6.45, 7) is 4.28. The molecule has 1 aromatic heterocycles. The van der Waals surface area contributed by atoms with Gasteiger partial charge in [0.15, 0.2) is 0 Å². The molecule has 0 spiro atoms. The third-order valence-corrected chi connectivity index (χ3v) is 4.68. The van der Waals surface area contributed by atoms with Gasteiger partial charge in [-0.3, -0.25) is 4.79 Å². The monoisotopic (exact) mass is 276 g/mol. The molecule has 3 heterocycles. The Morgan fingerprint density at radius 3 is 2.70 bits per heavy atom. The van der Waals surface area contributed by atoms with Gasteiger partial charge in [-0.25, -0.2) is 4.98 Å². The van der Waals surface area contributed by atoms with E-state index in [1.807, 2.05) is 19.4 Å². The molecular weight excluding hydrogens is 252 g/mol. The molecule has 0 atom stereocenters. The van der Waals surface area contributed by atoms with Gasteiger partial charge in [-0.05, 0) is 19.3 Å². The fourth-order valence-electron chi connectivity index (χ4n) is 3.41. The molecule has 2 saturated heterocycles. The fourth-order valence-corrected chi connectivity index (χ4v) is 3.41. The first-order valence-corrected chi connectivity index (χ1v) is 7.72. The maximum atomic E-state index is 11.8. The highest BCUT2D eigenvalue weighted by Crippen LogP contribution is 2.22. The summed E-state index contributed by atoms with van der Waals surface area (Å²) < 4.78 is 2.09. The summed E-state index contributed by atoms with van der Waals surface area (Å²) in [6, 6.07) is 0.495. The minimum absolute atomic E-state index is 0.372. The Morgan fingerprint density at radius 2 is 2.10 bits per heavy atom. The van der Waals surface area contributed by atoms with Crippen LogP contribution >= 0.6 is 0 Å². The lowest BCUT2D eigenvalue weighted by Gasteiger charge is -2.36. The molecule has 2 aliphatic heterocycles. The van der Waals surface area contributed by atoms with E-state index in [9.17, 15) is 4.79 Å². The molecule has 2 fully saturated rings. The lowest BCUT2D eigenvalue weighted by Crippen LogP contribution is -2.45. The van der Waals surface area contributed by atoms with Crippen molar-refractivity contribution in [2.24, 2.45) is 7.05 Å². The zero-order chi connectivity index (χ0) is 13.9. The summed E-state index contributed by atoms with van der Waals surface area (Å²) in [6.07, 6.45) is 8.95. The molecule has 0 saturated carbocycles.